The molecule has 0 spiro atoms. The smallest absolute Gasteiger partial charge is 0.317 e. The lowest BCUT2D eigenvalue weighted by Gasteiger charge is -2.22. The zero-order valence-corrected chi connectivity index (χ0v) is 14.4. The van der Waals surface area contributed by atoms with E-state index in [4.69, 9.17) is 4.74 Å². The highest BCUT2D eigenvalue weighted by Crippen LogP contribution is 2.31. The summed E-state index contributed by atoms with van der Waals surface area (Å²) in [6.07, 6.45) is 3.02. The van der Waals surface area contributed by atoms with Crippen molar-refractivity contribution in [3.05, 3.63) is 35.8 Å². The number of nitrogens with zero attached hydrogens (tertiary/aromatic N) is 1. The topological polar surface area (TPSA) is 74.4 Å². The fraction of sp³-hybridized carbons (Fsp3) is 0.444. The second kappa shape index (κ2) is 6.74. The highest BCUT2D eigenvalue weighted by atomic mass is 19.1. The van der Waals surface area contributed by atoms with Crippen molar-refractivity contribution in [2.45, 2.75) is 19.8 Å². The molecule has 1 aliphatic rings. The highest BCUT2D eigenvalue weighted by molar-refractivity contribution is 5.83. The fourth-order valence-electron chi connectivity index (χ4n) is 3.32. The molecule has 1 fully saturated rings. The number of carbonyl (C=O) groups is 2. The number of methoxy groups -OCH3 is 1. The molecule has 0 unspecified atom stereocenters. The summed E-state index contributed by atoms with van der Waals surface area (Å²) >= 11 is 0. The van der Waals surface area contributed by atoms with Crippen molar-refractivity contribution in [1.82, 2.24) is 15.2 Å². The van der Waals surface area contributed by atoms with Gasteiger partial charge in [-0.1, -0.05) is 0 Å². The van der Waals surface area contributed by atoms with Crippen molar-refractivity contribution in [1.29, 1.82) is 0 Å². The van der Waals surface area contributed by atoms with Crippen LogP contribution in [0.15, 0.2) is 24.4 Å². The van der Waals surface area contributed by atoms with Gasteiger partial charge < -0.3 is 19.9 Å². The van der Waals surface area contributed by atoms with Crippen LogP contribution in [-0.2, 0) is 16.0 Å². The number of ether oxygens (including phenoxy) is 1. The largest absolute Gasteiger partial charge is 0.469 e. The Balaban J connectivity index is 1.54. The number of halogens is 1. The molecule has 2 amide bonds. The molecule has 2 aromatic rings. The Labute approximate surface area is 145 Å². The standard InChI is InChI=1S/C18H22FN3O3/c1-18(16(23)25-2)6-8-22(11-18)17(24)20-7-5-12-10-21-15-4-3-13(19)9-14(12)15/h3-4,9-10,21H,5-8,11H2,1-2H3,(H,20,24)/t18-/m0/s1. The number of urea groups is 1. The number of benzene rings is 1. The second-order valence-corrected chi connectivity index (χ2v) is 6.71. The van der Waals surface area contributed by atoms with Gasteiger partial charge in [0.15, 0.2) is 0 Å². The number of H-pyrrole nitrogens is 1. The Morgan fingerprint density at radius 2 is 2.24 bits per heavy atom. The number of esters is 1. The number of aromatic nitrogens is 1. The number of hydrogen-bond acceptors (Lipinski definition) is 3. The molecular weight excluding hydrogens is 325 g/mol. The highest BCUT2D eigenvalue weighted by Gasteiger charge is 2.42. The number of rotatable bonds is 4. The van der Waals surface area contributed by atoms with Crippen molar-refractivity contribution in [2.75, 3.05) is 26.7 Å². The quantitative estimate of drug-likeness (QED) is 0.834. The van der Waals surface area contributed by atoms with Gasteiger partial charge in [0.05, 0.1) is 12.5 Å². The molecular formula is C18H22FN3O3. The summed E-state index contributed by atoms with van der Waals surface area (Å²) in [7, 11) is 1.36. The van der Waals surface area contributed by atoms with Crippen molar-refractivity contribution < 1.29 is 18.7 Å². The van der Waals surface area contributed by atoms with Crippen molar-refractivity contribution in [3.63, 3.8) is 0 Å². The maximum atomic E-state index is 13.4. The van der Waals surface area contributed by atoms with Gasteiger partial charge >= 0.3 is 12.0 Å². The van der Waals surface area contributed by atoms with Gasteiger partial charge in [0, 0.05) is 36.7 Å². The summed E-state index contributed by atoms with van der Waals surface area (Å²) in [6, 6.07) is 4.41. The van der Waals surface area contributed by atoms with Crippen molar-refractivity contribution >= 4 is 22.9 Å². The van der Waals surface area contributed by atoms with Crippen LogP contribution in [0.3, 0.4) is 0 Å². The normalized spacial score (nSPS) is 20.0. The number of fused-ring (bicyclic) bond motifs is 1. The van der Waals surface area contributed by atoms with Gasteiger partial charge in [-0.25, -0.2) is 9.18 Å². The van der Waals surface area contributed by atoms with Crippen molar-refractivity contribution in [3.8, 4) is 0 Å². The van der Waals surface area contributed by atoms with E-state index < -0.39 is 5.41 Å². The summed E-state index contributed by atoms with van der Waals surface area (Å²) < 4.78 is 18.2. The first-order valence-electron chi connectivity index (χ1n) is 8.30. The summed E-state index contributed by atoms with van der Waals surface area (Å²) in [5.74, 6) is -0.569. The predicted molar refractivity (Wildman–Crippen MR) is 91.7 cm³/mol. The van der Waals surface area contributed by atoms with Gasteiger partial charge in [0.2, 0.25) is 0 Å². The summed E-state index contributed by atoms with van der Waals surface area (Å²) in [5.41, 5.74) is 1.19. The minimum absolute atomic E-state index is 0.196. The van der Waals surface area contributed by atoms with Crippen LogP contribution in [0.2, 0.25) is 0 Å². The van der Waals surface area contributed by atoms with E-state index in [1.165, 1.54) is 19.2 Å². The third kappa shape index (κ3) is 3.45. The molecule has 1 aromatic heterocycles. The predicted octanol–water partition coefficient (Wildman–Crippen LogP) is 2.44. The molecule has 1 saturated heterocycles. The Hall–Kier alpha value is -2.57. The Morgan fingerprint density at radius 1 is 1.44 bits per heavy atom. The van der Waals surface area contributed by atoms with E-state index in [1.54, 1.807) is 11.0 Å². The molecule has 0 saturated carbocycles. The molecule has 3 rings (SSSR count). The number of carbonyl (C=O) groups excluding carboxylic acids is 2. The van der Waals surface area contributed by atoms with Crippen LogP contribution in [0.1, 0.15) is 18.9 Å². The molecule has 1 atom stereocenters. The van der Waals surface area contributed by atoms with E-state index >= 15 is 0 Å². The van der Waals surface area contributed by atoms with Gasteiger partial charge in [-0.15, -0.1) is 0 Å². The lowest BCUT2D eigenvalue weighted by molar-refractivity contribution is -0.150. The molecule has 1 aliphatic heterocycles. The van der Waals surface area contributed by atoms with E-state index in [2.05, 4.69) is 10.3 Å². The second-order valence-electron chi connectivity index (χ2n) is 6.71. The molecule has 25 heavy (non-hydrogen) atoms. The van der Waals surface area contributed by atoms with Gasteiger partial charge in [-0.2, -0.15) is 0 Å². The van der Waals surface area contributed by atoms with Crippen LogP contribution in [-0.4, -0.2) is 48.6 Å². The minimum Gasteiger partial charge on any atom is -0.469 e. The molecule has 0 aliphatic carbocycles. The number of amides is 2. The first-order chi connectivity index (χ1) is 11.9. The first-order valence-corrected chi connectivity index (χ1v) is 8.30. The molecule has 0 bridgehead atoms. The molecule has 7 heteroatoms. The van der Waals surface area contributed by atoms with E-state index in [-0.39, 0.29) is 17.8 Å². The van der Waals surface area contributed by atoms with Gasteiger partial charge in [-0.05, 0) is 43.5 Å². The molecule has 6 nitrogen and oxygen atoms in total. The molecule has 134 valence electrons. The van der Waals surface area contributed by atoms with E-state index in [1.807, 2.05) is 13.1 Å². The summed E-state index contributed by atoms with van der Waals surface area (Å²) in [4.78, 5) is 28.8. The SMILES string of the molecule is COC(=O)[C@@]1(C)CCN(C(=O)NCCc2c[nH]c3ccc(F)cc23)C1. The molecule has 0 radical (unpaired) electrons. The number of hydrogen-bond donors (Lipinski definition) is 2. The Bertz CT molecular complexity index is 804. The maximum absolute atomic E-state index is 13.4. The average molecular weight is 347 g/mol. The Kier molecular flexibility index (Phi) is 4.65. The maximum Gasteiger partial charge on any atom is 0.317 e. The van der Waals surface area contributed by atoms with Crippen LogP contribution in [0.25, 0.3) is 10.9 Å². The van der Waals surface area contributed by atoms with Gasteiger partial charge in [0.1, 0.15) is 5.82 Å². The van der Waals surface area contributed by atoms with Crippen LogP contribution < -0.4 is 5.32 Å². The summed E-state index contributed by atoms with van der Waals surface area (Å²) in [6.45, 7) is 3.12. The van der Waals surface area contributed by atoms with E-state index in [0.29, 0.717) is 32.5 Å². The number of likely N-dealkylation sites (tertiary alicyclic amines) is 1. The van der Waals surface area contributed by atoms with Crippen LogP contribution in [0.4, 0.5) is 9.18 Å². The minimum atomic E-state index is -0.638. The van der Waals surface area contributed by atoms with Crippen molar-refractivity contribution in [2.24, 2.45) is 5.41 Å². The zero-order chi connectivity index (χ0) is 18.0. The molecule has 1 aromatic carbocycles. The molecule has 2 N–H and O–H groups in total. The summed E-state index contributed by atoms with van der Waals surface area (Å²) in [5, 5.41) is 3.69. The monoisotopic (exact) mass is 347 g/mol. The molecule has 2 heterocycles. The van der Waals surface area contributed by atoms with Crippen LogP contribution in [0, 0.1) is 11.2 Å². The average Bonchev–Trinajstić information content (AvgIpc) is 3.19. The zero-order valence-electron chi connectivity index (χ0n) is 14.4. The number of nitrogens with one attached hydrogen (secondary N) is 2. The van der Waals surface area contributed by atoms with Gasteiger partial charge in [-0.3, -0.25) is 4.79 Å². The third-order valence-electron chi connectivity index (χ3n) is 4.84. The van der Waals surface area contributed by atoms with Gasteiger partial charge in [0.25, 0.3) is 0 Å². The lowest BCUT2D eigenvalue weighted by atomic mass is 9.90. The van der Waals surface area contributed by atoms with E-state index in [9.17, 15) is 14.0 Å². The number of aromatic amines is 1. The van der Waals surface area contributed by atoms with E-state index in [0.717, 1.165) is 16.5 Å². The van der Waals surface area contributed by atoms with Crippen LogP contribution in [0.5, 0.6) is 0 Å². The Morgan fingerprint density at radius 3 is 3.00 bits per heavy atom. The lowest BCUT2D eigenvalue weighted by Crippen LogP contribution is -2.41. The first kappa shape index (κ1) is 17.3. The fourth-order valence-corrected chi connectivity index (χ4v) is 3.32. The third-order valence-corrected chi connectivity index (χ3v) is 4.84. The van der Waals surface area contributed by atoms with Crippen LogP contribution >= 0.6 is 0 Å².